The number of hydrogen-bond acceptors (Lipinski definition) is 2. The lowest BCUT2D eigenvalue weighted by Gasteiger charge is -2.28. The highest BCUT2D eigenvalue weighted by Crippen LogP contribution is 2.29. The van der Waals surface area contributed by atoms with Crippen LogP contribution in [0.15, 0.2) is 24.4 Å². The summed E-state index contributed by atoms with van der Waals surface area (Å²) in [5.74, 6) is 0.704. The molecule has 1 fully saturated rings. The molecular weight excluding hydrogens is 198 g/mol. The highest BCUT2D eigenvalue weighted by molar-refractivity contribution is 5.78. The summed E-state index contributed by atoms with van der Waals surface area (Å²) >= 11 is 0. The van der Waals surface area contributed by atoms with Gasteiger partial charge in [-0.3, -0.25) is 5.10 Å². The number of benzene rings is 1. The number of hydrogen-bond donors (Lipinski definition) is 2. The van der Waals surface area contributed by atoms with Gasteiger partial charge >= 0.3 is 0 Å². The lowest BCUT2D eigenvalue weighted by molar-refractivity contribution is 0.381. The molecule has 2 N–H and O–H groups in total. The van der Waals surface area contributed by atoms with Gasteiger partial charge in [0.25, 0.3) is 0 Å². The summed E-state index contributed by atoms with van der Waals surface area (Å²) in [5.41, 5.74) is 2.59. The van der Waals surface area contributed by atoms with Crippen LogP contribution >= 0.6 is 0 Å². The SMILES string of the molecule is CC1CC(c2ccc3[nH]ncc3c2)CCN1. The molecule has 0 amide bonds. The molecule has 84 valence electrons. The van der Waals surface area contributed by atoms with Gasteiger partial charge in [-0.15, -0.1) is 0 Å². The van der Waals surface area contributed by atoms with E-state index in [2.05, 4.69) is 40.6 Å². The first-order valence-corrected chi connectivity index (χ1v) is 5.99. The maximum atomic E-state index is 4.07. The number of nitrogens with one attached hydrogen (secondary N) is 2. The fourth-order valence-corrected chi connectivity index (χ4v) is 2.65. The summed E-state index contributed by atoms with van der Waals surface area (Å²) in [6.45, 7) is 3.40. The Balaban J connectivity index is 1.92. The first-order chi connectivity index (χ1) is 7.83. The number of piperidine rings is 1. The molecule has 3 heteroatoms. The molecule has 0 spiro atoms. The molecule has 0 saturated carbocycles. The third-order valence-corrected chi connectivity index (χ3v) is 3.56. The Bertz CT molecular complexity index is 489. The van der Waals surface area contributed by atoms with E-state index in [1.807, 2.05) is 6.20 Å². The van der Waals surface area contributed by atoms with Crippen molar-refractivity contribution in [3.8, 4) is 0 Å². The topological polar surface area (TPSA) is 40.7 Å². The van der Waals surface area contributed by atoms with Gasteiger partial charge < -0.3 is 5.32 Å². The molecule has 2 atom stereocenters. The molecule has 0 bridgehead atoms. The van der Waals surface area contributed by atoms with E-state index in [1.165, 1.54) is 23.8 Å². The predicted molar refractivity (Wildman–Crippen MR) is 65.5 cm³/mol. The third-order valence-electron chi connectivity index (χ3n) is 3.56. The maximum absolute atomic E-state index is 4.07. The number of fused-ring (bicyclic) bond motifs is 1. The van der Waals surface area contributed by atoms with Gasteiger partial charge in [-0.05, 0) is 49.9 Å². The van der Waals surface area contributed by atoms with Crippen molar-refractivity contribution in [3.05, 3.63) is 30.0 Å². The van der Waals surface area contributed by atoms with E-state index >= 15 is 0 Å². The summed E-state index contributed by atoms with van der Waals surface area (Å²) in [7, 11) is 0. The number of nitrogens with zero attached hydrogens (tertiary/aromatic N) is 1. The van der Waals surface area contributed by atoms with Crippen LogP contribution in [0.2, 0.25) is 0 Å². The molecule has 2 heterocycles. The van der Waals surface area contributed by atoms with Crippen LogP contribution in [0.25, 0.3) is 10.9 Å². The fourth-order valence-electron chi connectivity index (χ4n) is 2.65. The lowest BCUT2D eigenvalue weighted by Crippen LogP contribution is -2.34. The Labute approximate surface area is 95.2 Å². The zero-order chi connectivity index (χ0) is 11.0. The van der Waals surface area contributed by atoms with Crippen LogP contribution in [-0.4, -0.2) is 22.8 Å². The van der Waals surface area contributed by atoms with E-state index in [1.54, 1.807) is 0 Å². The minimum absolute atomic E-state index is 0.638. The second-order valence-electron chi connectivity index (χ2n) is 4.79. The molecule has 2 aromatic rings. The van der Waals surface area contributed by atoms with Gasteiger partial charge in [-0.2, -0.15) is 5.10 Å². The summed E-state index contributed by atoms with van der Waals surface area (Å²) in [4.78, 5) is 0. The molecule has 1 aromatic carbocycles. The van der Waals surface area contributed by atoms with Crippen LogP contribution in [0, 0.1) is 0 Å². The number of rotatable bonds is 1. The minimum atomic E-state index is 0.638. The van der Waals surface area contributed by atoms with Crippen LogP contribution in [0.3, 0.4) is 0 Å². The van der Waals surface area contributed by atoms with Crippen molar-refractivity contribution in [2.45, 2.75) is 31.7 Å². The molecule has 1 aliphatic heterocycles. The number of aromatic amines is 1. The van der Waals surface area contributed by atoms with Crippen LogP contribution in [-0.2, 0) is 0 Å². The highest BCUT2D eigenvalue weighted by Gasteiger charge is 2.19. The van der Waals surface area contributed by atoms with Crippen LogP contribution in [0.1, 0.15) is 31.2 Å². The Morgan fingerprint density at radius 1 is 1.38 bits per heavy atom. The summed E-state index contributed by atoms with van der Waals surface area (Å²) in [6.07, 6.45) is 4.39. The van der Waals surface area contributed by atoms with Gasteiger partial charge in [0.1, 0.15) is 0 Å². The molecular formula is C13H17N3. The molecule has 0 aliphatic carbocycles. The average molecular weight is 215 g/mol. The van der Waals surface area contributed by atoms with Gasteiger partial charge in [0.15, 0.2) is 0 Å². The van der Waals surface area contributed by atoms with Gasteiger partial charge in [-0.25, -0.2) is 0 Å². The van der Waals surface area contributed by atoms with E-state index in [0.717, 1.165) is 12.1 Å². The molecule has 3 rings (SSSR count). The van der Waals surface area contributed by atoms with E-state index in [-0.39, 0.29) is 0 Å². The normalized spacial score (nSPS) is 26.1. The number of H-pyrrole nitrogens is 1. The Morgan fingerprint density at radius 2 is 2.31 bits per heavy atom. The van der Waals surface area contributed by atoms with Crippen molar-refractivity contribution in [2.75, 3.05) is 6.54 Å². The molecule has 1 aliphatic rings. The second-order valence-corrected chi connectivity index (χ2v) is 4.79. The van der Waals surface area contributed by atoms with Crippen molar-refractivity contribution >= 4 is 10.9 Å². The Kier molecular flexibility index (Phi) is 2.40. The Morgan fingerprint density at radius 3 is 3.19 bits per heavy atom. The third kappa shape index (κ3) is 1.71. The molecule has 1 aromatic heterocycles. The minimum Gasteiger partial charge on any atom is -0.314 e. The first-order valence-electron chi connectivity index (χ1n) is 5.99. The van der Waals surface area contributed by atoms with Gasteiger partial charge in [0, 0.05) is 11.4 Å². The van der Waals surface area contributed by atoms with Crippen molar-refractivity contribution < 1.29 is 0 Å². The zero-order valence-corrected chi connectivity index (χ0v) is 9.53. The molecule has 16 heavy (non-hydrogen) atoms. The molecule has 0 radical (unpaired) electrons. The van der Waals surface area contributed by atoms with Gasteiger partial charge in [-0.1, -0.05) is 6.07 Å². The smallest absolute Gasteiger partial charge is 0.0650 e. The highest BCUT2D eigenvalue weighted by atomic mass is 15.1. The first kappa shape index (κ1) is 9.85. The van der Waals surface area contributed by atoms with E-state index < -0.39 is 0 Å². The van der Waals surface area contributed by atoms with E-state index in [0.29, 0.717) is 12.0 Å². The quantitative estimate of drug-likeness (QED) is 0.767. The molecule has 1 saturated heterocycles. The maximum Gasteiger partial charge on any atom is 0.0650 e. The average Bonchev–Trinajstić information content (AvgIpc) is 2.75. The largest absolute Gasteiger partial charge is 0.314 e. The van der Waals surface area contributed by atoms with Crippen molar-refractivity contribution in [1.29, 1.82) is 0 Å². The summed E-state index contributed by atoms with van der Waals surface area (Å²) < 4.78 is 0. The summed E-state index contributed by atoms with van der Waals surface area (Å²) in [6, 6.07) is 7.30. The zero-order valence-electron chi connectivity index (χ0n) is 9.53. The molecule has 2 unspecified atom stereocenters. The summed E-state index contributed by atoms with van der Waals surface area (Å²) in [5, 5.41) is 11.8. The predicted octanol–water partition coefficient (Wildman–Crippen LogP) is 2.42. The second kappa shape index (κ2) is 3.91. The number of aromatic nitrogens is 2. The van der Waals surface area contributed by atoms with Crippen molar-refractivity contribution in [2.24, 2.45) is 0 Å². The monoisotopic (exact) mass is 215 g/mol. The van der Waals surface area contributed by atoms with E-state index in [4.69, 9.17) is 0 Å². The molecule has 3 nitrogen and oxygen atoms in total. The van der Waals surface area contributed by atoms with Gasteiger partial charge in [0.05, 0.1) is 11.7 Å². The standard InChI is InChI=1S/C13H17N3/c1-9-6-11(4-5-14-9)10-2-3-13-12(7-10)8-15-16-13/h2-3,7-9,11,14H,4-6H2,1H3,(H,15,16). The van der Waals surface area contributed by atoms with Crippen LogP contribution < -0.4 is 5.32 Å². The van der Waals surface area contributed by atoms with Crippen LogP contribution in [0.4, 0.5) is 0 Å². The van der Waals surface area contributed by atoms with E-state index in [9.17, 15) is 0 Å². The fraction of sp³-hybridized carbons (Fsp3) is 0.462. The van der Waals surface area contributed by atoms with Crippen molar-refractivity contribution in [3.63, 3.8) is 0 Å². The lowest BCUT2D eigenvalue weighted by atomic mass is 9.86. The van der Waals surface area contributed by atoms with Crippen LogP contribution in [0.5, 0.6) is 0 Å². The van der Waals surface area contributed by atoms with Crippen molar-refractivity contribution in [1.82, 2.24) is 15.5 Å². The van der Waals surface area contributed by atoms with Gasteiger partial charge in [0.2, 0.25) is 0 Å². The Hall–Kier alpha value is -1.35.